The van der Waals surface area contributed by atoms with Gasteiger partial charge in [0.15, 0.2) is 0 Å². The molecule has 94 valence electrons. The van der Waals surface area contributed by atoms with Crippen molar-refractivity contribution in [2.75, 3.05) is 6.61 Å². The molecule has 0 aromatic carbocycles. The summed E-state index contributed by atoms with van der Waals surface area (Å²) in [7, 11) is 0. The Balaban J connectivity index is 1.82. The van der Waals surface area contributed by atoms with Crippen LogP contribution in [0.1, 0.15) is 51.4 Å². The quantitative estimate of drug-likeness (QED) is 0.735. The number of carbonyl (C=O) groups excluding carboxylic acids is 2. The van der Waals surface area contributed by atoms with Gasteiger partial charge in [0.25, 0.3) is 0 Å². The Bertz CT molecular complexity index is 347. The summed E-state index contributed by atoms with van der Waals surface area (Å²) in [6.45, 7) is -0.0719. The Morgan fingerprint density at radius 1 is 1.00 bits per heavy atom. The zero-order valence-corrected chi connectivity index (χ0v) is 10.1. The SMILES string of the molecule is O=C1CC2(CCCC2)CC(=O)N1C1(CO)CC1. The number of nitrogens with zero attached hydrogens (tertiary/aromatic N) is 1. The van der Waals surface area contributed by atoms with Crippen molar-refractivity contribution in [1.82, 2.24) is 4.90 Å². The minimum absolute atomic E-state index is 0.0315. The van der Waals surface area contributed by atoms with Crippen LogP contribution in [0.4, 0.5) is 0 Å². The van der Waals surface area contributed by atoms with Crippen LogP contribution in [-0.2, 0) is 9.59 Å². The topological polar surface area (TPSA) is 57.6 Å². The van der Waals surface area contributed by atoms with Gasteiger partial charge < -0.3 is 5.11 Å². The molecule has 0 aromatic rings. The minimum Gasteiger partial charge on any atom is -0.394 e. The van der Waals surface area contributed by atoms with E-state index in [1.807, 2.05) is 0 Å². The predicted octanol–water partition coefficient (Wildman–Crippen LogP) is 1.22. The lowest BCUT2D eigenvalue weighted by Gasteiger charge is -2.40. The van der Waals surface area contributed by atoms with E-state index in [4.69, 9.17) is 0 Å². The van der Waals surface area contributed by atoms with Gasteiger partial charge >= 0.3 is 0 Å². The lowest BCUT2D eigenvalue weighted by molar-refractivity contribution is -0.158. The van der Waals surface area contributed by atoms with Crippen LogP contribution in [0.15, 0.2) is 0 Å². The highest BCUT2D eigenvalue weighted by atomic mass is 16.3. The average Bonchev–Trinajstić information content (AvgIpc) is 2.94. The highest BCUT2D eigenvalue weighted by Gasteiger charge is 2.56. The Kier molecular flexibility index (Phi) is 2.34. The molecule has 0 bridgehead atoms. The Hall–Kier alpha value is -0.900. The van der Waals surface area contributed by atoms with Crippen molar-refractivity contribution in [1.29, 1.82) is 0 Å². The number of piperidine rings is 1. The van der Waals surface area contributed by atoms with E-state index in [1.54, 1.807) is 0 Å². The van der Waals surface area contributed by atoms with E-state index < -0.39 is 5.54 Å². The first-order chi connectivity index (χ1) is 8.11. The van der Waals surface area contributed by atoms with Gasteiger partial charge in [-0.15, -0.1) is 0 Å². The van der Waals surface area contributed by atoms with Crippen LogP contribution in [-0.4, -0.2) is 34.0 Å². The fraction of sp³-hybridized carbons (Fsp3) is 0.846. The molecule has 2 aliphatic carbocycles. The molecule has 2 saturated carbocycles. The standard InChI is InChI=1S/C13H19NO3/c15-9-13(5-6-13)14-10(16)7-12(8-11(14)17)3-1-2-4-12/h15H,1-9H2. The normalized spacial score (nSPS) is 30.1. The Labute approximate surface area is 101 Å². The molecule has 4 nitrogen and oxygen atoms in total. The van der Waals surface area contributed by atoms with Crippen LogP contribution < -0.4 is 0 Å². The highest BCUT2D eigenvalue weighted by molar-refractivity contribution is 6.00. The van der Waals surface area contributed by atoms with Gasteiger partial charge in [0.2, 0.25) is 11.8 Å². The zero-order chi connectivity index (χ0) is 12.1. The van der Waals surface area contributed by atoms with Crippen LogP contribution in [0.5, 0.6) is 0 Å². The summed E-state index contributed by atoms with van der Waals surface area (Å²) >= 11 is 0. The molecule has 0 radical (unpaired) electrons. The van der Waals surface area contributed by atoms with E-state index in [2.05, 4.69) is 0 Å². The molecular weight excluding hydrogens is 218 g/mol. The van der Waals surface area contributed by atoms with Crippen molar-refractivity contribution in [3.05, 3.63) is 0 Å². The third kappa shape index (κ3) is 1.61. The molecule has 2 amide bonds. The lowest BCUT2D eigenvalue weighted by atomic mass is 9.76. The number of imide groups is 1. The molecule has 3 rings (SSSR count). The molecule has 0 aromatic heterocycles. The molecule has 0 unspecified atom stereocenters. The zero-order valence-electron chi connectivity index (χ0n) is 10.1. The van der Waals surface area contributed by atoms with Crippen molar-refractivity contribution in [3.8, 4) is 0 Å². The lowest BCUT2D eigenvalue weighted by Crippen LogP contribution is -2.54. The fourth-order valence-corrected chi connectivity index (χ4v) is 3.61. The average molecular weight is 237 g/mol. The predicted molar refractivity (Wildman–Crippen MR) is 61.0 cm³/mol. The van der Waals surface area contributed by atoms with Gasteiger partial charge in [-0.2, -0.15) is 0 Å². The number of carbonyl (C=O) groups is 2. The number of aliphatic hydroxyl groups is 1. The summed E-state index contributed by atoms with van der Waals surface area (Å²) in [6, 6.07) is 0. The van der Waals surface area contributed by atoms with E-state index >= 15 is 0 Å². The largest absolute Gasteiger partial charge is 0.394 e. The van der Waals surface area contributed by atoms with Crippen molar-refractivity contribution in [3.63, 3.8) is 0 Å². The smallest absolute Gasteiger partial charge is 0.230 e. The molecule has 1 aliphatic heterocycles. The monoisotopic (exact) mass is 237 g/mol. The van der Waals surface area contributed by atoms with Gasteiger partial charge in [0, 0.05) is 12.8 Å². The molecule has 0 atom stereocenters. The first kappa shape index (κ1) is 11.2. The van der Waals surface area contributed by atoms with Crippen LogP contribution in [0, 0.1) is 5.41 Å². The van der Waals surface area contributed by atoms with Gasteiger partial charge in [-0.3, -0.25) is 14.5 Å². The summed E-state index contributed by atoms with van der Waals surface area (Å²) in [4.78, 5) is 25.8. The Morgan fingerprint density at radius 2 is 1.53 bits per heavy atom. The molecular formula is C13H19NO3. The summed E-state index contributed by atoms with van der Waals surface area (Å²) in [5.41, 5.74) is -0.551. The van der Waals surface area contributed by atoms with Crippen molar-refractivity contribution < 1.29 is 14.7 Å². The highest BCUT2D eigenvalue weighted by Crippen LogP contribution is 2.51. The number of hydrogen-bond acceptors (Lipinski definition) is 3. The summed E-state index contributed by atoms with van der Waals surface area (Å²) in [5.74, 6) is -0.0931. The third-order valence-corrected chi connectivity index (χ3v) is 4.81. The number of rotatable bonds is 2. The first-order valence-corrected chi connectivity index (χ1v) is 6.58. The van der Waals surface area contributed by atoms with E-state index in [0.717, 1.165) is 38.5 Å². The molecule has 3 fully saturated rings. The maximum absolute atomic E-state index is 12.2. The molecule has 1 heterocycles. The van der Waals surface area contributed by atoms with Crippen LogP contribution in [0.25, 0.3) is 0 Å². The number of aliphatic hydroxyl groups excluding tert-OH is 1. The van der Waals surface area contributed by atoms with Gasteiger partial charge in [0.05, 0.1) is 12.1 Å². The second-order valence-electron chi connectivity index (χ2n) is 6.07. The van der Waals surface area contributed by atoms with Gasteiger partial charge in [-0.25, -0.2) is 0 Å². The molecule has 17 heavy (non-hydrogen) atoms. The van der Waals surface area contributed by atoms with Crippen LogP contribution in [0.3, 0.4) is 0 Å². The molecule has 3 aliphatic rings. The van der Waals surface area contributed by atoms with Crippen LogP contribution in [0.2, 0.25) is 0 Å². The molecule has 1 N–H and O–H groups in total. The molecule has 1 saturated heterocycles. The first-order valence-electron chi connectivity index (χ1n) is 6.58. The van der Waals surface area contributed by atoms with E-state index in [9.17, 15) is 14.7 Å². The second kappa shape index (κ2) is 3.55. The fourth-order valence-electron chi connectivity index (χ4n) is 3.61. The summed E-state index contributed by atoms with van der Waals surface area (Å²) in [5, 5.41) is 9.36. The van der Waals surface area contributed by atoms with Gasteiger partial charge in [0.1, 0.15) is 0 Å². The maximum Gasteiger partial charge on any atom is 0.230 e. The van der Waals surface area contributed by atoms with Crippen molar-refractivity contribution >= 4 is 11.8 Å². The minimum atomic E-state index is -0.519. The second-order valence-corrected chi connectivity index (χ2v) is 6.07. The van der Waals surface area contributed by atoms with E-state index in [-0.39, 0.29) is 23.8 Å². The molecule has 4 heteroatoms. The number of amides is 2. The number of likely N-dealkylation sites (tertiary alicyclic amines) is 1. The van der Waals surface area contributed by atoms with Crippen LogP contribution >= 0.6 is 0 Å². The number of hydrogen-bond donors (Lipinski definition) is 1. The summed E-state index contributed by atoms with van der Waals surface area (Å²) in [6.07, 6.45) is 6.90. The Morgan fingerprint density at radius 3 is 1.94 bits per heavy atom. The van der Waals surface area contributed by atoms with E-state index in [0.29, 0.717) is 12.8 Å². The van der Waals surface area contributed by atoms with Gasteiger partial charge in [-0.05, 0) is 31.1 Å². The summed E-state index contributed by atoms with van der Waals surface area (Å²) < 4.78 is 0. The van der Waals surface area contributed by atoms with Crippen molar-refractivity contribution in [2.45, 2.75) is 56.9 Å². The maximum atomic E-state index is 12.2. The van der Waals surface area contributed by atoms with E-state index in [1.165, 1.54) is 4.90 Å². The third-order valence-electron chi connectivity index (χ3n) is 4.81. The van der Waals surface area contributed by atoms with Crippen molar-refractivity contribution in [2.24, 2.45) is 5.41 Å². The van der Waals surface area contributed by atoms with Gasteiger partial charge in [-0.1, -0.05) is 12.8 Å². The molecule has 1 spiro atoms.